The summed E-state index contributed by atoms with van der Waals surface area (Å²) in [5.74, 6) is 0. The highest BCUT2D eigenvalue weighted by Crippen LogP contribution is 2.20. The molecule has 0 aliphatic heterocycles. The van der Waals surface area contributed by atoms with Gasteiger partial charge in [-0.25, -0.2) is 8.42 Å². The van der Waals surface area contributed by atoms with Gasteiger partial charge in [0, 0.05) is 18.3 Å². The third-order valence-corrected chi connectivity index (χ3v) is 4.54. The highest BCUT2D eigenvalue weighted by atomic mass is 32.2. The lowest BCUT2D eigenvalue weighted by Gasteiger charge is -2.13. The van der Waals surface area contributed by atoms with Gasteiger partial charge in [-0.3, -0.25) is 4.72 Å². The van der Waals surface area contributed by atoms with Crippen LogP contribution < -0.4 is 10.0 Å². The molecular weight excluding hydrogens is 308 g/mol. The first-order chi connectivity index (χ1) is 9.85. The quantitative estimate of drug-likeness (QED) is 0.849. The molecule has 0 aliphatic rings. The van der Waals surface area contributed by atoms with Crippen molar-refractivity contribution in [2.24, 2.45) is 0 Å². The number of hydrogen-bond donors (Lipinski definition) is 2. The molecule has 21 heavy (non-hydrogen) atoms. The van der Waals surface area contributed by atoms with Crippen LogP contribution in [0.5, 0.6) is 0 Å². The highest BCUT2D eigenvalue weighted by Gasteiger charge is 2.11. The van der Waals surface area contributed by atoms with Crippen LogP contribution in [0.1, 0.15) is 29.1 Å². The number of hydrogen-bond acceptors (Lipinski definition) is 6. The molecule has 1 heterocycles. The predicted molar refractivity (Wildman–Crippen MR) is 84.8 cm³/mol. The van der Waals surface area contributed by atoms with Gasteiger partial charge in [0.2, 0.25) is 10.0 Å². The van der Waals surface area contributed by atoms with Gasteiger partial charge in [0.05, 0.1) is 16.8 Å². The van der Waals surface area contributed by atoms with Crippen molar-refractivity contribution in [1.82, 2.24) is 14.9 Å². The first-order valence-corrected chi connectivity index (χ1v) is 9.10. The Kier molecular flexibility index (Phi) is 4.92. The fourth-order valence-corrected chi connectivity index (χ4v) is 3.18. The summed E-state index contributed by atoms with van der Waals surface area (Å²) in [6.45, 7) is 4.63. The molecule has 0 bridgehead atoms. The normalized spacial score (nSPS) is 13.1. The highest BCUT2D eigenvalue weighted by molar-refractivity contribution is 7.92. The Morgan fingerprint density at radius 1 is 1.38 bits per heavy atom. The number of nitrogens with zero attached hydrogens (tertiary/aromatic N) is 2. The Morgan fingerprint density at radius 2 is 2.14 bits per heavy atom. The lowest BCUT2D eigenvalue weighted by atomic mass is 10.2. The summed E-state index contributed by atoms with van der Waals surface area (Å²) >= 11 is 1.39. The lowest BCUT2D eigenvalue weighted by molar-refractivity contribution is 0.579. The zero-order valence-corrected chi connectivity index (χ0v) is 13.8. The molecule has 0 aliphatic carbocycles. The van der Waals surface area contributed by atoms with Gasteiger partial charge in [-0.2, -0.15) is 0 Å². The average molecular weight is 326 g/mol. The summed E-state index contributed by atoms with van der Waals surface area (Å²) in [5, 5.41) is 7.38. The zero-order chi connectivity index (χ0) is 15.5. The van der Waals surface area contributed by atoms with Gasteiger partial charge in [0.15, 0.2) is 0 Å². The first-order valence-electron chi connectivity index (χ1n) is 6.44. The minimum atomic E-state index is -3.25. The van der Waals surface area contributed by atoms with E-state index in [1.807, 2.05) is 25.1 Å². The van der Waals surface area contributed by atoms with Crippen LogP contribution in [0.2, 0.25) is 0 Å². The van der Waals surface area contributed by atoms with Crippen LogP contribution in [0.25, 0.3) is 0 Å². The van der Waals surface area contributed by atoms with Crippen LogP contribution in [-0.2, 0) is 16.6 Å². The van der Waals surface area contributed by atoms with E-state index in [9.17, 15) is 8.42 Å². The third-order valence-electron chi connectivity index (χ3n) is 2.92. The van der Waals surface area contributed by atoms with Crippen LogP contribution >= 0.6 is 11.5 Å². The van der Waals surface area contributed by atoms with E-state index in [1.165, 1.54) is 11.5 Å². The molecule has 114 valence electrons. The van der Waals surface area contributed by atoms with Gasteiger partial charge in [-0.1, -0.05) is 16.6 Å². The van der Waals surface area contributed by atoms with Crippen molar-refractivity contribution in [3.8, 4) is 0 Å². The molecule has 0 amide bonds. The predicted octanol–water partition coefficient (Wildman–Crippen LogP) is 2.07. The molecule has 1 atom stereocenters. The Balaban J connectivity index is 2.00. The van der Waals surface area contributed by atoms with Crippen molar-refractivity contribution in [3.63, 3.8) is 0 Å². The topological polar surface area (TPSA) is 84.0 Å². The number of sulfonamides is 1. The SMILES string of the molecule is Cc1nnsc1C(C)NCc1cccc(NS(C)(=O)=O)c1. The van der Waals surface area contributed by atoms with Gasteiger partial charge >= 0.3 is 0 Å². The standard InChI is InChI=1S/C13H18N4O2S2/c1-9(13-10(2)15-17-20-13)14-8-11-5-4-6-12(7-11)16-21(3,18)19/h4-7,9,14,16H,8H2,1-3H3. The number of rotatable bonds is 6. The smallest absolute Gasteiger partial charge is 0.229 e. The van der Waals surface area contributed by atoms with E-state index in [4.69, 9.17) is 0 Å². The third kappa shape index (κ3) is 4.76. The largest absolute Gasteiger partial charge is 0.305 e. The van der Waals surface area contributed by atoms with Crippen molar-refractivity contribution < 1.29 is 8.42 Å². The fourth-order valence-electron chi connectivity index (χ4n) is 1.96. The molecule has 8 heteroatoms. The lowest BCUT2D eigenvalue weighted by Crippen LogP contribution is -2.18. The van der Waals surface area contributed by atoms with Crippen LogP contribution in [-0.4, -0.2) is 24.3 Å². The molecule has 0 radical (unpaired) electrons. The first kappa shape index (κ1) is 15.9. The molecule has 2 aromatic rings. The summed E-state index contributed by atoms with van der Waals surface area (Å²) in [6.07, 6.45) is 1.14. The van der Waals surface area contributed by atoms with E-state index in [2.05, 4.69) is 26.5 Å². The molecule has 1 unspecified atom stereocenters. The van der Waals surface area contributed by atoms with Crippen molar-refractivity contribution in [3.05, 3.63) is 40.4 Å². The summed E-state index contributed by atoms with van der Waals surface area (Å²) in [6, 6.07) is 7.47. The van der Waals surface area contributed by atoms with Crippen LogP contribution in [0, 0.1) is 6.92 Å². The Hall–Kier alpha value is -1.51. The molecule has 1 aromatic heterocycles. The minimum Gasteiger partial charge on any atom is -0.305 e. The maximum absolute atomic E-state index is 11.2. The molecule has 2 rings (SSSR count). The van der Waals surface area contributed by atoms with Crippen molar-refractivity contribution >= 4 is 27.2 Å². The second kappa shape index (κ2) is 6.50. The van der Waals surface area contributed by atoms with Gasteiger partial charge < -0.3 is 5.32 Å². The fraction of sp³-hybridized carbons (Fsp3) is 0.385. The Labute approximate surface area is 128 Å². The average Bonchev–Trinajstić information content (AvgIpc) is 2.81. The van der Waals surface area contributed by atoms with Gasteiger partial charge in [-0.15, -0.1) is 5.10 Å². The second-order valence-corrected chi connectivity index (χ2v) is 7.43. The summed E-state index contributed by atoms with van der Waals surface area (Å²) in [7, 11) is -3.25. The van der Waals surface area contributed by atoms with Gasteiger partial charge in [-0.05, 0) is 43.1 Å². The molecule has 0 saturated carbocycles. The van der Waals surface area contributed by atoms with Crippen molar-refractivity contribution in [2.75, 3.05) is 11.0 Å². The summed E-state index contributed by atoms with van der Waals surface area (Å²) in [4.78, 5) is 1.11. The monoisotopic (exact) mass is 326 g/mol. The van der Waals surface area contributed by atoms with E-state index >= 15 is 0 Å². The second-order valence-electron chi connectivity index (χ2n) is 4.90. The maximum atomic E-state index is 11.2. The summed E-state index contributed by atoms with van der Waals surface area (Å²) < 4.78 is 28.9. The number of aryl methyl sites for hydroxylation is 1. The van der Waals surface area contributed by atoms with Crippen LogP contribution in [0.3, 0.4) is 0 Å². The molecule has 2 N–H and O–H groups in total. The van der Waals surface area contributed by atoms with Crippen LogP contribution in [0.4, 0.5) is 5.69 Å². The zero-order valence-electron chi connectivity index (χ0n) is 12.1. The number of anilines is 1. The Bertz CT molecular complexity index is 712. The summed E-state index contributed by atoms with van der Waals surface area (Å²) in [5.41, 5.74) is 2.51. The van der Waals surface area contributed by atoms with Crippen molar-refractivity contribution in [2.45, 2.75) is 26.4 Å². The van der Waals surface area contributed by atoms with E-state index in [-0.39, 0.29) is 6.04 Å². The molecule has 0 spiro atoms. The number of benzene rings is 1. The van der Waals surface area contributed by atoms with Gasteiger partial charge in [0.25, 0.3) is 0 Å². The van der Waals surface area contributed by atoms with Gasteiger partial charge in [0.1, 0.15) is 0 Å². The van der Waals surface area contributed by atoms with Crippen LogP contribution in [0.15, 0.2) is 24.3 Å². The minimum absolute atomic E-state index is 0.150. The molecule has 0 fully saturated rings. The molecule has 6 nitrogen and oxygen atoms in total. The van der Waals surface area contributed by atoms with E-state index < -0.39 is 10.0 Å². The molecule has 1 aromatic carbocycles. The van der Waals surface area contributed by atoms with E-state index in [0.29, 0.717) is 12.2 Å². The molecule has 0 saturated heterocycles. The number of nitrogens with one attached hydrogen (secondary N) is 2. The van der Waals surface area contributed by atoms with Crippen molar-refractivity contribution in [1.29, 1.82) is 0 Å². The van der Waals surface area contributed by atoms with E-state index in [1.54, 1.807) is 6.07 Å². The number of aromatic nitrogens is 2. The molecular formula is C13H18N4O2S2. The van der Waals surface area contributed by atoms with E-state index in [0.717, 1.165) is 22.4 Å². The maximum Gasteiger partial charge on any atom is 0.229 e. The Morgan fingerprint density at radius 3 is 2.76 bits per heavy atom.